The van der Waals surface area contributed by atoms with Crippen LogP contribution in [0.5, 0.6) is 5.75 Å². The fraction of sp³-hybridized carbons (Fsp3) is 0.550. The van der Waals surface area contributed by atoms with Crippen molar-refractivity contribution in [1.82, 2.24) is 19.7 Å². The van der Waals surface area contributed by atoms with Gasteiger partial charge in [-0.2, -0.15) is 15.0 Å². The molecule has 0 atom stereocenters. The number of ether oxygens (including phenoxy) is 1. The third-order valence-electron chi connectivity index (χ3n) is 4.87. The first-order valence-electron chi connectivity index (χ1n) is 10.2. The molecular weight excluding hydrogens is 404 g/mol. The molecule has 0 saturated carbocycles. The summed E-state index contributed by atoms with van der Waals surface area (Å²) in [4.78, 5) is 17.6. The van der Waals surface area contributed by atoms with Gasteiger partial charge in [0, 0.05) is 27.2 Å². The zero-order chi connectivity index (χ0) is 21.7. The summed E-state index contributed by atoms with van der Waals surface area (Å²) >= 11 is 0. The summed E-state index contributed by atoms with van der Waals surface area (Å²) in [5.41, 5.74) is 0.766. The van der Waals surface area contributed by atoms with Gasteiger partial charge in [0.15, 0.2) is 5.82 Å². The van der Waals surface area contributed by atoms with Gasteiger partial charge in [0.05, 0.1) is 18.0 Å². The number of rotatable bonds is 8. The van der Waals surface area contributed by atoms with Crippen LogP contribution < -0.4 is 19.3 Å². The van der Waals surface area contributed by atoms with Gasteiger partial charge in [-0.25, -0.2) is 13.1 Å². The van der Waals surface area contributed by atoms with Crippen LogP contribution in [0, 0.1) is 6.92 Å². The number of anilines is 2. The molecule has 30 heavy (non-hydrogen) atoms. The van der Waals surface area contributed by atoms with Crippen molar-refractivity contribution in [2.45, 2.75) is 44.6 Å². The number of sulfonamides is 1. The topological polar surface area (TPSA) is 101 Å². The minimum Gasteiger partial charge on any atom is -0.494 e. The molecule has 1 aliphatic rings. The molecule has 164 valence electrons. The highest BCUT2D eigenvalue weighted by Gasteiger charge is 2.19. The van der Waals surface area contributed by atoms with Crippen LogP contribution in [0.15, 0.2) is 23.1 Å². The lowest BCUT2D eigenvalue weighted by molar-refractivity contribution is 0.337. The van der Waals surface area contributed by atoms with Gasteiger partial charge >= 0.3 is 0 Å². The molecule has 3 rings (SSSR count). The maximum absolute atomic E-state index is 12.8. The van der Waals surface area contributed by atoms with Gasteiger partial charge in [0.1, 0.15) is 5.75 Å². The van der Waals surface area contributed by atoms with Crippen LogP contribution in [0.3, 0.4) is 0 Å². The minimum absolute atomic E-state index is 0.0151. The average molecular weight is 435 g/mol. The third kappa shape index (κ3) is 5.37. The van der Waals surface area contributed by atoms with Crippen LogP contribution in [-0.2, 0) is 16.6 Å². The summed E-state index contributed by atoms with van der Waals surface area (Å²) in [5, 5.41) is 0. The first kappa shape index (κ1) is 22.2. The fourth-order valence-corrected chi connectivity index (χ4v) is 4.32. The standard InChI is InChI=1S/C20H30N6O3S/c1-5-29-17-10-9-16(13-15(17)2)30(27,28)21-14-18-22-19(25(3)4)24-20(23-18)26-11-7-6-8-12-26/h9-10,13,21H,5-8,11-12,14H2,1-4H3. The van der Waals surface area contributed by atoms with Crippen LogP contribution in [-0.4, -0.2) is 57.2 Å². The number of nitrogens with zero attached hydrogens (tertiary/aromatic N) is 5. The van der Waals surface area contributed by atoms with E-state index in [9.17, 15) is 8.42 Å². The molecular formula is C20H30N6O3S. The van der Waals surface area contributed by atoms with Crippen LogP contribution >= 0.6 is 0 Å². The summed E-state index contributed by atoms with van der Waals surface area (Å²) in [6.45, 7) is 6.02. The Morgan fingerprint density at radius 1 is 1.13 bits per heavy atom. The number of nitrogens with one attached hydrogen (secondary N) is 1. The van der Waals surface area contributed by atoms with Crippen molar-refractivity contribution in [3.8, 4) is 5.75 Å². The van der Waals surface area contributed by atoms with E-state index in [1.165, 1.54) is 12.5 Å². The van der Waals surface area contributed by atoms with E-state index in [-0.39, 0.29) is 11.4 Å². The van der Waals surface area contributed by atoms with E-state index in [2.05, 4.69) is 24.6 Å². The Morgan fingerprint density at radius 2 is 1.87 bits per heavy atom. The zero-order valence-corrected chi connectivity index (χ0v) is 18.9. The lowest BCUT2D eigenvalue weighted by Crippen LogP contribution is -2.33. The fourth-order valence-electron chi connectivity index (χ4n) is 3.26. The van der Waals surface area contributed by atoms with Crippen molar-refractivity contribution in [3.63, 3.8) is 0 Å². The normalized spacial score (nSPS) is 14.6. The number of hydrogen-bond acceptors (Lipinski definition) is 8. The molecule has 0 aliphatic carbocycles. The largest absolute Gasteiger partial charge is 0.494 e. The van der Waals surface area contributed by atoms with E-state index in [1.54, 1.807) is 17.0 Å². The van der Waals surface area contributed by atoms with Gasteiger partial charge in [-0.1, -0.05) is 0 Å². The van der Waals surface area contributed by atoms with Crippen molar-refractivity contribution < 1.29 is 13.2 Å². The summed E-state index contributed by atoms with van der Waals surface area (Å²) in [7, 11) is -0.0104. The average Bonchev–Trinajstić information content (AvgIpc) is 2.74. The van der Waals surface area contributed by atoms with Crippen LogP contribution in [0.1, 0.15) is 37.6 Å². The van der Waals surface area contributed by atoms with Crippen LogP contribution in [0.4, 0.5) is 11.9 Å². The Bertz CT molecular complexity index is 975. The molecule has 1 fully saturated rings. The summed E-state index contributed by atoms with van der Waals surface area (Å²) in [5.74, 6) is 2.17. The molecule has 0 spiro atoms. The Kier molecular flexibility index (Phi) is 7.09. The molecule has 2 aromatic rings. The molecule has 9 nitrogen and oxygen atoms in total. The first-order chi connectivity index (χ1) is 14.3. The number of benzene rings is 1. The zero-order valence-electron chi connectivity index (χ0n) is 18.1. The van der Waals surface area contributed by atoms with Gasteiger partial charge in [-0.05, 0) is 56.9 Å². The second kappa shape index (κ2) is 9.57. The molecule has 10 heteroatoms. The highest BCUT2D eigenvalue weighted by molar-refractivity contribution is 7.89. The molecule has 2 heterocycles. The van der Waals surface area contributed by atoms with Crippen molar-refractivity contribution in [3.05, 3.63) is 29.6 Å². The Balaban J connectivity index is 1.79. The monoisotopic (exact) mass is 434 g/mol. The van der Waals surface area contributed by atoms with Crippen molar-refractivity contribution in [2.24, 2.45) is 0 Å². The highest BCUT2D eigenvalue weighted by Crippen LogP contribution is 2.22. The van der Waals surface area contributed by atoms with E-state index < -0.39 is 10.0 Å². The highest BCUT2D eigenvalue weighted by atomic mass is 32.2. The molecule has 0 unspecified atom stereocenters. The summed E-state index contributed by atoms with van der Waals surface area (Å²) < 4.78 is 33.7. The van der Waals surface area contributed by atoms with Crippen LogP contribution in [0.2, 0.25) is 0 Å². The van der Waals surface area contributed by atoms with Crippen molar-refractivity contribution in [2.75, 3.05) is 43.6 Å². The smallest absolute Gasteiger partial charge is 0.240 e. The Labute approximate surface area is 178 Å². The Morgan fingerprint density at radius 3 is 2.50 bits per heavy atom. The van der Waals surface area contributed by atoms with Crippen LogP contribution in [0.25, 0.3) is 0 Å². The number of piperidine rings is 1. The lowest BCUT2D eigenvalue weighted by Gasteiger charge is -2.27. The number of hydrogen-bond donors (Lipinski definition) is 1. The third-order valence-corrected chi connectivity index (χ3v) is 6.27. The Hall–Kier alpha value is -2.46. The predicted octanol–water partition coefficient (Wildman–Crippen LogP) is 2.11. The number of aryl methyl sites for hydroxylation is 1. The molecule has 1 saturated heterocycles. The molecule has 0 radical (unpaired) electrons. The second-order valence-corrected chi connectivity index (χ2v) is 9.25. The first-order valence-corrected chi connectivity index (χ1v) is 11.7. The van der Waals surface area contributed by atoms with Gasteiger partial charge in [0.25, 0.3) is 0 Å². The van der Waals surface area contributed by atoms with Crippen molar-refractivity contribution in [1.29, 1.82) is 0 Å². The minimum atomic E-state index is -3.72. The molecule has 1 aromatic heterocycles. The predicted molar refractivity (Wildman–Crippen MR) is 117 cm³/mol. The van der Waals surface area contributed by atoms with Gasteiger partial charge < -0.3 is 14.5 Å². The SMILES string of the molecule is CCOc1ccc(S(=O)(=O)NCc2nc(N(C)C)nc(N3CCCCC3)n2)cc1C. The van der Waals surface area contributed by atoms with E-state index in [0.717, 1.165) is 31.5 Å². The van der Waals surface area contributed by atoms with Gasteiger partial charge in [-0.15, -0.1) is 0 Å². The molecule has 0 amide bonds. The van der Waals surface area contributed by atoms with E-state index in [1.807, 2.05) is 27.9 Å². The molecule has 1 N–H and O–H groups in total. The quantitative estimate of drug-likeness (QED) is 0.674. The number of aromatic nitrogens is 3. The van der Waals surface area contributed by atoms with Gasteiger partial charge in [-0.3, -0.25) is 0 Å². The van der Waals surface area contributed by atoms with E-state index in [0.29, 0.717) is 30.1 Å². The van der Waals surface area contributed by atoms with Crippen molar-refractivity contribution >= 4 is 21.9 Å². The maximum Gasteiger partial charge on any atom is 0.240 e. The molecule has 1 aliphatic heterocycles. The maximum atomic E-state index is 12.8. The van der Waals surface area contributed by atoms with E-state index in [4.69, 9.17) is 4.74 Å². The summed E-state index contributed by atoms with van der Waals surface area (Å²) in [6, 6.07) is 4.82. The molecule has 1 aromatic carbocycles. The molecule has 0 bridgehead atoms. The summed E-state index contributed by atoms with van der Waals surface area (Å²) in [6.07, 6.45) is 3.40. The lowest BCUT2D eigenvalue weighted by atomic mass is 10.1. The van der Waals surface area contributed by atoms with Gasteiger partial charge in [0.2, 0.25) is 21.9 Å². The second-order valence-electron chi connectivity index (χ2n) is 7.48. The van der Waals surface area contributed by atoms with E-state index >= 15 is 0 Å².